The third-order valence-electron chi connectivity index (χ3n) is 3.14. The number of aliphatic hydroxyl groups excluding tert-OH is 1. The molecule has 0 unspecified atom stereocenters. The van der Waals surface area contributed by atoms with Crippen LogP contribution >= 0.6 is 0 Å². The molecule has 1 aliphatic rings. The van der Waals surface area contributed by atoms with E-state index in [1.807, 2.05) is 0 Å². The van der Waals surface area contributed by atoms with Crippen molar-refractivity contribution < 1.29 is 9.50 Å². The summed E-state index contributed by atoms with van der Waals surface area (Å²) in [6.45, 7) is 4.95. The van der Waals surface area contributed by atoms with Crippen molar-refractivity contribution in [2.45, 2.75) is 12.8 Å². The fourth-order valence-corrected chi connectivity index (χ4v) is 2.09. The molecule has 2 heterocycles. The van der Waals surface area contributed by atoms with Crippen LogP contribution in [0.15, 0.2) is 12.4 Å². The Morgan fingerprint density at radius 3 is 2.39 bits per heavy atom. The topological polar surface area (TPSA) is 52.5 Å². The van der Waals surface area contributed by atoms with E-state index in [2.05, 4.69) is 19.8 Å². The van der Waals surface area contributed by atoms with Crippen LogP contribution in [0.2, 0.25) is 0 Å². The van der Waals surface area contributed by atoms with Gasteiger partial charge in [-0.25, -0.2) is 14.4 Å². The highest BCUT2D eigenvalue weighted by atomic mass is 19.1. The summed E-state index contributed by atoms with van der Waals surface area (Å²) in [4.78, 5) is 12.4. The van der Waals surface area contributed by atoms with Crippen LogP contribution in [-0.4, -0.2) is 59.3 Å². The Bertz CT molecular complexity index is 352. The van der Waals surface area contributed by atoms with Gasteiger partial charge in [0.2, 0.25) is 5.95 Å². The van der Waals surface area contributed by atoms with Crippen LogP contribution in [0, 0.1) is 5.82 Å². The molecule has 0 saturated carbocycles. The van der Waals surface area contributed by atoms with Gasteiger partial charge in [0.15, 0.2) is 5.82 Å². The molecule has 100 valence electrons. The van der Waals surface area contributed by atoms with Crippen molar-refractivity contribution in [3.05, 3.63) is 18.2 Å². The van der Waals surface area contributed by atoms with Gasteiger partial charge in [-0.05, 0) is 19.4 Å². The first kappa shape index (κ1) is 13.2. The van der Waals surface area contributed by atoms with E-state index in [-0.39, 0.29) is 6.61 Å². The minimum atomic E-state index is -0.401. The maximum Gasteiger partial charge on any atom is 0.225 e. The Morgan fingerprint density at radius 2 is 1.78 bits per heavy atom. The molecule has 0 bridgehead atoms. The third-order valence-corrected chi connectivity index (χ3v) is 3.14. The molecular formula is C12H19FN4O. The quantitative estimate of drug-likeness (QED) is 0.776. The van der Waals surface area contributed by atoms with E-state index < -0.39 is 5.82 Å². The molecule has 1 fully saturated rings. The summed E-state index contributed by atoms with van der Waals surface area (Å²) in [5, 5.41) is 8.73. The third kappa shape index (κ3) is 3.61. The SMILES string of the molecule is OCCCCN1CCN(c2ncc(F)cn2)CC1. The minimum Gasteiger partial charge on any atom is -0.396 e. The molecule has 0 amide bonds. The summed E-state index contributed by atoms with van der Waals surface area (Å²) in [6, 6.07) is 0. The molecule has 2 rings (SSSR count). The second-order valence-electron chi connectivity index (χ2n) is 4.46. The Labute approximate surface area is 106 Å². The molecule has 1 aromatic heterocycles. The summed E-state index contributed by atoms with van der Waals surface area (Å²) in [7, 11) is 0. The van der Waals surface area contributed by atoms with Crippen LogP contribution in [0.3, 0.4) is 0 Å². The van der Waals surface area contributed by atoms with E-state index in [1.165, 1.54) is 12.4 Å². The van der Waals surface area contributed by atoms with Crippen LogP contribution in [0.25, 0.3) is 0 Å². The molecule has 0 aliphatic carbocycles. The first-order valence-corrected chi connectivity index (χ1v) is 6.35. The Kier molecular flexibility index (Phi) is 4.83. The van der Waals surface area contributed by atoms with Gasteiger partial charge < -0.3 is 10.0 Å². The van der Waals surface area contributed by atoms with Crippen LogP contribution in [0.1, 0.15) is 12.8 Å². The number of piperazine rings is 1. The Balaban J connectivity index is 1.77. The van der Waals surface area contributed by atoms with Crippen molar-refractivity contribution in [1.29, 1.82) is 0 Å². The van der Waals surface area contributed by atoms with Crippen molar-refractivity contribution >= 4 is 5.95 Å². The Hall–Kier alpha value is -1.27. The number of rotatable bonds is 5. The second kappa shape index (κ2) is 6.61. The maximum absolute atomic E-state index is 12.7. The summed E-state index contributed by atoms with van der Waals surface area (Å²) in [5.41, 5.74) is 0. The van der Waals surface area contributed by atoms with Gasteiger partial charge >= 0.3 is 0 Å². The summed E-state index contributed by atoms with van der Waals surface area (Å²) < 4.78 is 12.7. The zero-order valence-electron chi connectivity index (χ0n) is 10.4. The molecule has 0 atom stereocenters. The summed E-state index contributed by atoms with van der Waals surface area (Å²) in [6.07, 6.45) is 4.30. The molecule has 1 aromatic rings. The zero-order valence-corrected chi connectivity index (χ0v) is 10.4. The lowest BCUT2D eigenvalue weighted by atomic mass is 10.2. The van der Waals surface area contributed by atoms with Crippen LogP contribution in [-0.2, 0) is 0 Å². The molecule has 1 saturated heterocycles. The van der Waals surface area contributed by atoms with Gasteiger partial charge in [-0.3, -0.25) is 4.90 Å². The van der Waals surface area contributed by atoms with E-state index >= 15 is 0 Å². The Morgan fingerprint density at radius 1 is 1.11 bits per heavy atom. The summed E-state index contributed by atoms with van der Waals surface area (Å²) in [5.74, 6) is 0.202. The van der Waals surface area contributed by atoms with Gasteiger partial charge in [0.25, 0.3) is 0 Å². The van der Waals surface area contributed by atoms with E-state index in [1.54, 1.807) is 0 Å². The molecule has 0 aromatic carbocycles. The number of hydrogen-bond donors (Lipinski definition) is 1. The first-order valence-electron chi connectivity index (χ1n) is 6.35. The van der Waals surface area contributed by atoms with Crippen LogP contribution in [0.4, 0.5) is 10.3 Å². The van der Waals surface area contributed by atoms with Crippen LogP contribution < -0.4 is 4.90 Å². The fourth-order valence-electron chi connectivity index (χ4n) is 2.09. The number of halogens is 1. The number of aromatic nitrogens is 2. The number of hydrogen-bond acceptors (Lipinski definition) is 5. The predicted octanol–water partition coefficient (Wildman–Crippen LogP) is 0.510. The highest BCUT2D eigenvalue weighted by molar-refractivity contribution is 5.29. The lowest BCUT2D eigenvalue weighted by molar-refractivity contribution is 0.232. The molecule has 0 spiro atoms. The minimum absolute atomic E-state index is 0.267. The standard InChI is InChI=1S/C12H19FN4O/c13-11-9-14-12(15-10-11)17-6-4-16(5-7-17)3-1-2-8-18/h9-10,18H,1-8H2. The van der Waals surface area contributed by atoms with Gasteiger partial charge in [-0.15, -0.1) is 0 Å². The average Bonchev–Trinajstić information content (AvgIpc) is 2.41. The van der Waals surface area contributed by atoms with Crippen LogP contribution in [0.5, 0.6) is 0 Å². The molecule has 18 heavy (non-hydrogen) atoms. The van der Waals surface area contributed by atoms with Gasteiger partial charge in [-0.1, -0.05) is 0 Å². The first-order chi connectivity index (χ1) is 8.79. The molecule has 1 N–H and O–H groups in total. The van der Waals surface area contributed by atoms with E-state index in [9.17, 15) is 4.39 Å². The molecule has 0 radical (unpaired) electrons. The van der Waals surface area contributed by atoms with Gasteiger partial charge in [0, 0.05) is 32.8 Å². The predicted molar refractivity (Wildman–Crippen MR) is 67.0 cm³/mol. The van der Waals surface area contributed by atoms with Gasteiger partial charge in [-0.2, -0.15) is 0 Å². The highest BCUT2D eigenvalue weighted by Crippen LogP contribution is 2.10. The molecule has 6 heteroatoms. The fraction of sp³-hybridized carbons (Fsp3) is 0.667. The lowest BCUT2D eigenvalue weighted by Gasteiger charge is -2.34. The van der Waals surface area contributed by atoms with Crippen molar-refractivity contribution in [2.24, 2.45) is 0 Å². The second-order valence-corrected chi connectivity index (χ2v) is 4.46. The lowest BCUT2D eigenvalue weighted by Crippen LogP contribution is -2.47. The maximum atomic E-state index is 12.7. The normalized spacial score (nSPS) is 17.1. The molecule has 1 aliphatic heterocycles. The number of unbranched alkanes of at least 4 members (excludes halogenated alkanes) is 1. The van der Waals surface area contributed by atoms with Crippen molar-refractivity contribution in [3.63, 3.8) is 0 Å². The molecule has 5 nitrogen and oxygen atoms in total. The highest BCUT2D eigenvalue weighted by Gasteiger charge is 2.18. The smallest absolute Gasteiger partial charge is 0.225 e. The van der Waals surface area contributed by atoms with E-state index in [0.717, 1.165) is 45.6 Å². The van der Waals surface area contributed by atoms with Crippen molar-refractivity contribution in [1.82, 2.24) is 14.9 Å². The van der Waals surface area contributed by atoms with Crippen molar-refractivity contribution in [3.8, 4) is 0 Å². The number of nitrogens with zero attached hydrogens (tertiary/aromatic N) is 4. The monoisotopic (exact) mass is 254 g/mol. The average molecular weight is 254 g/mol. The van der Waals surface area contributed by atoms with Gasteiger partial charge in [0.05, 0.1) is 12.4 Å². The van der Waals surface area contributed by atoms with E-state index in [0.29, 0.717) is 5.95 Å². The molecular weight excluding hydrogens is 235 g/mol. The van der Waals surface area contributed by atoms with Crippen molar-refractivity contribution in [2.75, 3.05) is 44.2 Å². The number of anilines is 1. The number of aliphatic hydroxyl groups is 1. The largest absolute Gasteiger partial charge is 0.396 e. The van der Waals surface area contributed by atoms with E-state index in [4.69, 9.17) is 5.11 Å². The zero-order chi connectivity index (χ0) is 12.8. The summed E-state index contributed by atoms with van der Waals surface area (Å²) >= 11 is 0. The van der Waals surface area contributed by atoms with Gasteiger partial charge in [0.1, 0.15) is 0 Å².